The molecule has 106 valence electrons. The Balaban J connectivity index is 1.88. The van der Waals surface area contributed by atoms with Crippen molar-refractivity contribution in [1.82, 2.24) is 20.6 Å². The number of methoxy groups -OCH3 is 1. The number of rotatable bonds is 6. The molecule has 1 heterocycles. The minimum absolute atomic E-state index is 0.131. The second kappa shape index (κ2) is 6.65. The van der Waals surface area contributed by atoms with Gasteiger partial charge in [0.2, 0.25) is 5.91 Å². The van der Waals surface area contributed by atoms with E-state index in [9.17, 15) is 4.79 Å². The summed E-state index contributed by atoms with van der Waals surface area (Å²) in [5, 5.41) is 15.6. The molecule has 0 bridgehead atoms. The van der Waals surface area contributed by atoms with Gasteiger partial charge in [0.15, 0.2) is 0 Å². The zero-order valence-corrected chi connectivity index (χ0v) is 11.5. The van der Waals surface area contributed by atoms with Crippen LogP contribution in [0.2, 0.25) is 0 Å². The highest BCUT2D eigenvalue weighted by Gasteiger charge is 2.13. The molecule has 1 aromatic carbocycles. The largest absolute Gasteiger partial charge is 0.496 e. The zero-order chi connectivity index (χ0) is 14.4. The Bertz CT molecular complexity index is 556. The molecule has 20 heavy (non-hydrogen) atoms. The van der Waals surface area contributed by atoms with Crippen molar-refractivity contribution in [3.63, 3.8) is 0 Å². The SMILES string of the molecule is COc1ccccc1CC(C)CC(=O)Nc1nn[nH]n1. The lowest BCUT2D eigenvalue weighted by Gasteiger charge is -2.13. The van der Waals surface area contributed by atoms with Crippen molar-refractivity contribution in [3.05, 3.63) is 29.8 Å². The fourth-order valence-electron chi connectivity index (χ4n) is 2.03. The fourth-order valence-corrected chi connectivity index (χ4v) is 2.03. The highest BCUT2D eigenvalue weighted by Crippen LogP contribution is 2.22. The van der Waals surface area contributed by atoms with Crippen molar-refractivity contribution in [3.8, 4) is 5.75 Å². The van der Waals surface area contributed by atoms with Gasteiger partial charge in [0, 0.05) is 6.42 Å². The molecule has 2 rings (SSSR count). The third kappa shape index (κ3) is 3.78. The molecule has 7 heteroatoms. The number of nitrogens with one attached hydrogen (secondary N) is 2. The van der Waals surface area contributed by atoms with E-state index in [1.54, 1.807) is 7.11 Å². The number of hydrogen-bond donors (Lipinski definition) is 2. The maximum absolute atomic E-state index is 11.8. The van der Waals surface area contributed by atoms with Crippen LogP contribution in [0.3, 0.4) is 0 Å². The average molecular weight is 275 g/mol. The van der Waals surface area contributed by atoms with Gasteiger partial charge >= 0.3 is 0 Å². The van der Waals surface area contributed by atoms with Crippen molar-refractivity contribution in [2.45, 2.75) is 19.8 Å². The molecule has 2 N–H and O–H groups in total. The number of benzene rings is 1. The molecule has 7 nitrogen and oxygen atoms in total. The predicted octanol–water partition coefficient (Wildman–Crippen LogP) is 1.42. The van der Waals surface area contributed by atoms with Crippen molar-refractivity contribution in [1.29, 1.82) is 0 Å². The summed E-state index contributed by atoms with van der Waals surface area (Å²) in [6.07, 6.45) is 1.15. The van der Waals surface area contributed by atoms with E-state index in [0.29, 0.717) is 6.42 Å². The first-order valence-electron chi connectivity index (χ1n) is 6.34. The van der Waals surface area contributed by atoms with Crippen LogP contribution in [0.5, 0.6) is 5.75 Å². The predicted molar refractivity (Wildman–Crippen MR) is 73.3 cm³/mol. The van der Waals surface area contributed by atoms with Gasteiger partial charge in [-0.1, -0.05) is 30.2 Å². The van der Waals surface area contributed by atoms with E-state index in [0.717, 1.165) is 17.7 Å². The molecule has 0 aliphatic heterocycles. The second-order valence-corrected chi connectivity index (χ2v) is 4.61. The van der Waals surface area contributed by atoms with Gasteiger partial charge in [-0.3, -0.25) is 10.1 Å². The van der Waals surface area contributed by atoms with Gasteiger partial charge in [-0.05, 0) is 29.2 Å². The Morgan fingerprint density at radius 3 is 2.95 bits per heavy atom. The molecule has 1 amide bonds. The third-order valence-corrected chi connectivity index (χ3v) is 2.89. The first-order valence-corrected chi connectivity index (χ1v) is 6.34. The van der Waals surface area contributed by atoms with Gasteiger partial charge in [0.05, 0.1) is 7.11 Å². The molecule has 0 radical (unpaired) electrons. The Morgan fingerprint density at radius 1 is 1.45 bits per heavy atom. The van der Waals surface area contributed by atoms with Crippen LogP contribution >= 0.6 is 0 Å². The number of carbonyl (C=O) groups is 1. The van der Waals surface area contributed by atoms with Gasteiger partial charge in [-0.25, -0.2) is 0 Å². The average Bonchev–Trinajstić information content (AvgIpc) is 2.91. The van der Waals surface area contributed by atoms with Crippen LogP contribution in [-0.2, 0) is 11.2 Å². The number of amides is 1. The van der Waals surface area contributed by atoms with Crippen LogP contribution < -0.4 is 10.1 Å². The van der Waals surface area contributed by atoms with Crippen LogP contribution in [0.4, 0.5) is 5.95 Å². The number of aromatic nitrogens is 4. The van der Waals surface area contributed by atoms with Crippen LogP contribution in [0.25, 0.3) is 0 Å². The molecule has 0 aliphatic rings. The van der Waals surface area contributed by atoms with Crippen molar-refractivity contribution >= 4 is 11.9 Å². The molecule has 1 aromatic heterocycles. The van der Waals surface area contributed by atoms with Gasteiger partial charge in [0.25, 0.3) is 5.95 Å². The summed E-state index contributed by atoms with van der Waals surface area (Å²) < 4.78 is 5.30. The quantitative estimate of drug-likeness (QED) is 0.831. The van der Waals surface area contributed by atoms with Gasteiger partial charge in [-0.15, -0.1) is 5.10 Å². The van der Waals surface area contributed by atoms with E-state index >= 15 is 0 Å². The lowest BCUT2D eigenvalue weighted by molar-refractivity contribution is -0.117. The number of hydrogen-bond acceptors (Lipinski definition) is 5. The number of aromatic amines is 1. The number of nitrogens with zero attached hydrogens (tertiary/aromatic N) is 3. The maximum atomic E-state index is 11.8. The highest BCUT2D eigenvalue weighted by atomic mass is 16.5. The van der Waals surface area contributed by atoms with Crippen LogP contribution in [-0.4, -0.2) is 33.6 Å². The Kier molecular flexibility index (Phi) is 4.65. The molecule has 1 unspecified atom stereocenters. The number of anilines is 1. The molecule has 0 aliphatic carbocycles. The molecule has 2 aromatic rings. The van der Waals surface area contributed by atoms with E-state index in [2.05, 4.69) is 25.9 Å². The highest BCUT2D eigenvalue weighted by molar-refractivity contribution is 5.88. The molecule has 0 saturated heterocycles. The Hall–Kier alpha value is -2.44. The first-order chi connectivity index (χ1) is 9.69. The second-order valence-electron chi connectivity index (χ2n) is 4.61. The van der Waals surface area contributed by atoms with E-state index in [4.69, 9.17) is 4.74 Å². The number of carbonyl (C=O) groups excluding carboxylic acids is 1. The van der Waals surface area contributed by atoms with E-state index < -0.39 is 0 Å². The molecule has 0 fully saturated rings. The number of H-pyrrole nitrogens is 1. The third-order valence-electron chi connectivity index (χ3n) is 2.89. The topological polar surface area (TPSA) is 92.8 Å². The van der Waals surface area contributed by atoms with E-state index in [1.807, 2.05) is 31.2 Å². The summed E-state index contributed by atoms with van der Waals surface area (Å²) in [4.78, 5) is 11.8. The Morgan fingerprint density at radius 2 is 2.25 bits per heavy atom. The fraction of sp³-hybridized carbons (Fsp3) is 0.385. The Labute approximate surface area is 116 Å². The summed E-state index contributed by atoms with van der Waals surface area (Å²) in [5.74, 6) is 1.09. The first kappa shape index (κ1) is 14.0. The van der Waals surface area contributed by atoms with Crippen LogP contribution in [0, 0.1) is 5.92 Å². The van der Waals surface area contributed by atoms with Crippen molar-refractivity contribution < 1.29 is 9.53 Å². The minimum atomic E-state index is -0.131. The minimum Gasteiger partial charge on any atom is -0.496 e. The van der Waals surface area contributed by atoms with Crippen molar-refractivity contribution in [2.75, 3.05) is 12.4 Å². The monoisotopic (exact) mass is 275 g/mol. The van der Waals surface area contributed by atoms with E-state index in [1.165, 1.54) is 0 Å². The molecular weight excluding hydrogens is 258 g/mol. The summed E-state index contributed by atoms with van der Waals surface area (Å²) >= 11 is 0. The zero-order valence-electron chi connectivity index (χ0n) is 11.5. The van der Waals surface area contributed by atoms with Crippen molar-refractivity contribution in [2.24, 2.45) is 5.92 Å². The van der Waals surface area contributed by atoms with Gasteiger partial charge in [0.1, 0.15) is 5.75 Å². The van der Waals surface area contributed by atoms with Gasteiger partial charge in [-0.2, -0.15) is 5.21 Å². The normalized spacial score (nSPS) is 11.9. The number of ether oxygens (including phenoxy) is 1. The van der Waals surface area contributed by atoms with E-state index in [-0.39, 0.29) is 17.8 Å². The maximum Gasteiger partial charge on any atom is 0.269 e. The summed E-state index contributed by atoms with van der Waals surface area (Å²) in [7, 11) is 1.65. The van der Waals surface area contributed by atoms with Crippen LogP contribution in [0.1, 0.15) is 18.9 Å². The lowest BCUT2D eigenvalue weighted by Crippen LogP contribution is -2.17. The number of para-hydroxylation sites is 1. The summed E-state index contributed by atoms with van der Waals surface area (Å²) in [6, 6.07) is 7.81. The molecular formula is C13H17N5O2. The lowest BCUT2D eigenvalue weighted by atomic mass is 9.97. The molecule has 0 saturated carbocycles. The molecule has 1 atom stereocenters. The summed E-state index contributed by atoms with van der Waals surface area (Å²) in [5.41, 5.74) is 1.09. The summed E-state index contributed by atoms with van der Waals surface area (Å²) in [6.45, 7) is 2.02. The molecule has 0 spiro atoms. The number of tetrazole rings is 1. The smallest absolute Gasteiger partial charge is 0.269 e. The standard InChI is InChI=1S/C13H17N5O2/c1-9(7-10-5-3-4-6-11(10)20-2)8-12(19)14-13-15-17-18-16-13/h3-6,9H,7-8H2,1-2H3,(H2,14,15,16,17,18,19). The van der Waals surface area contributed by atoms with Crippen LogP contribution in [0.15, 0.2) is 24.3 Å². The van der Waals surface area contributed by atoms with Gasteiger partial charge < -0.3 is 4.74 Å².